The number of carbonyl (C=O) groups is 2. The lowest BCUT2D eigenvalue weighted by atomic mass is 9.75. The number of likely N-dealkylation sites (tertiary alicyclic amines) is 1. The molecule has 1 fully saturated rings. The summed E-state index contributed by atoms with van der Waals surface area (Å²) in [6.07, 6.45) is 1.21. The molecule has 0 saturated carbocycles. The summed E-state index contributed by atoms with van der Waals surface area (Å²) in [5.74, 6) is -0.851. The Bertz CT molecular complexity index is 626. The van der Waals surface area contributed by atoms with Gasteiger partial charge in [-0.15, -0.1) is 0 Å². The number of carboxylic acids is 1. The summed E-state index contributed by atoms with van der Waals surface area (Å²) in [5, 5.41) is 9.89. The smallest absolute Gasteiger partial charge is 0.410 e. The van der Waals surface area contributed by atoms with Gasteiger partial charge in [0, 0.05) is 16.7 Å². The molecule has 132 valence electrons. The van der Waals surface area contributed by atoms with Crippen LogP contribution in [0.15, 0.2) is 24.3 Å². The molecule has 1 saturated heterocycles. The number of hydrogen-bond acceptors (Lipinski definition) is 3. The number of rotatable bonds is 3. The second kappa shape index (κ2) is 7.29. The van der Waals surface area contributed by atoms with Crippen LogP contribution < -0.4 is 0 Å². The molecule has 1 unspecified atom stereocenters. The van der Waals surface area contributed by atoms with Gasteiger partial charge in [-0.3, -0.25) is 4.79 Å². The van der Waals surface area contributed by atoms with Gasteiger partial charge in [0.1, 0.15) is 5.60 Å². The quantitative estimate of drug-likeness (QED) is 0.717. The van der Waals surface area contributed by atoms with E-state index in [1.54, 1.807) is 4.90 Å². The lowest BCUT2D eigenvalue weighted by molar-refractivity contribution is -0.152. The number of piperidine rings is 1. The average Bonchev–Trinajstić information content (AvgIpc) is 2.48. The maximum Gasteiger partial charge on any atom is 0.410 e. The number of carboxylic acid groups (broad SMARTS) is 1. The molecule has 1 aromatic rings. The molecule has 24 heavy (non-hydrogen) atoms. The Labute approximate surface area is 156 Å². The zero-order valence-corrected chi connectivity index (χ0v) is 16.5. The van der Waals surface area contributed by atoms with Gasteiger partial charge in [0.25, 0.3) is 0 Å². The SMILES string of the molecule is CC(C)(C)OC(=O)N1CCCC(Cc2ccccc2I)(C(=O)O)C1. The van der Waals surface area contributed by atoms with Gasteiger partial charge in [-0.25, -0.2) is 4.79 Å². The number of nitrogens with zero attached hydrogens (tertiary/aromatic N) is 1. The van der Waals surface area contributed by atoms with E-state index in [0.717, 1.165) is 9.13 Å². The molecule has 0 spiro atoms. The molecule has 1 heterocycles. The van der Waals surface area contributed by atoms with Crippen molar-refractivity contribution in [1.29, 1.82) is 0 Å². The van der Waals surface area contributed by atoms with Crippen molar-refractivity contribution in [2.45, 2.75) is 45.6 Å². The highest BCUT2D eigenvalue weighted by atomic mass is 127. The summed E-state index contributed by atoms with van der Waals surface area (Å²) < 4.78 is 6.46. The first-order valence-electron chi connectivity index (χ1n) is 8.08. The van der Waals surface area contributed by atoms with Gasteiger partial charge >= 0.3 is 12.1 Å². The van der Waals surface area contributed by atoms with Crippen LogP contribution in [0.25, 0.3) is 0 Å². The largest absolute Gasteiger partial charge is 0.481 e. The fraction of sp³-hybridized carbons (Fsp3) is 0.556. The van der Waals surface area contributed by atoms with Crippen LogP contribution in [0, 0.1) is 8.99 Å². The normalized spacial score (nSPS) is 21.4. The van der Waals surface area contributed by atoms with Crippen molar-refractivity contribution in [3.05, 3.63) is 33.4 Å². The predicted octanol–water partition coefficient (Wildman–Crippen LogP) is 3.94. The third-order valence-electron chi connectivity index (χ3n) is 4.17. The highest BCUT2D eigenvalue weighted by molar-refractivity contribution is 14.1. The Hall–Kier alpha value is -1.31. The highest BCUT2D eigenvalue weighted by Gasteiger charge is 2.44. The Morgan fingerprint density at radius 2 is 2.00 bits per heavy atom. The second-order valence-corrected chi connectivity index (χ2v) is 8.52. The first-order valence-corrected chi connectivity index (χ1v) is 9.16. The van der Waals surface area contributed by atoms with Crippen LogP contribution in [0.2, 0.25) is 0 Å². The number of hydrogen-bond donors (Lipinski definition) is 1. The molecule has 2 rings (SSSR count). The number of halogens is 1. The van der Waals surface area contributed by atoms with E-state index in [1.165, 1.54) is 0 Å². The Morgan fingerprint density at radius 3 is 2.58 bits per heavy atom. The van der Waals surface area contributed by atoms with E-state index in [1.807, 2.05) is 45.0 Å². The molecule has 1 amide bonds. The van der Waals surface area contributed by atoms with E-state index in [-0.39, 0.29) is 6.54 Å². The van der Waals surface area contributed by atoms with Gasteiger partial charge < -0.3 is 14.7 Å². The maximum atomic E-state index is 12.4. The number of carbonyl (C=O) groups excluding carboxylic acids is 1. The summed E-state index contributed by atoms with van der Waals surface area (Å²) in [5.41, 5.74) is -0.544. The molecule has 0 aromatic heterocycles. The van der Waals surface area contributed by atoms with Gasteiger partial charge in [0.15, 0.2) is 0 Å². The third kappa shape index (κ3) is 4.62. The first-order chi connectivity index (χ1) is 11.1. The number of ether oxygens (including phenoxy) is 1. The summed E-state index contributed by atoms with van der Waals surface area (Å²) in [7, 11) is 0. The zero-order valence-electron chi connectivity index (χ0n) is 14.3. The summed E-state index contributed by atoms with van der Waals surface area (Å²) >= 11 is 2.22. The highest BCUT2D eigenvalue weighted by Crippen LogP contribution is 2.35. The second-order valence-electron chi connectivity index (χ2n) is 7.36. The van der Waals surface area contributed by atoms with Crippen molar-refractivity contribution in [3.63, 3.8) is 0 Å². The van der Waals surface area contributed by atoms with E-state index in [0.29, 0.717) is 25.8 Å². The topological polar surface area (TPSA) is 66.8 Å². The molecule has 0 aliphatic carbocycles. The first kappa shape index (κ1) is 19.0. The lowest BCUT2D eigenvalue weighted by Gasteiger charge is -2.40. The number of aliphatic carboxylic acids is 1. The molecule has 1 N–H and O–H groups in total. The van der Waals surface area contributed by atoms with E-state index in [4.69, 9.17) is 4.74 Å². The van der Waals surface area contributed by atoms with Crippen LogP contribution in [0.3, 0.4) is 0 Å². The third-order valence-corrected chi connectivity index (χ3v) is 5.22. The molecule has 5 nitrogen and oxygen atoms in total. The van der Waals surface area contributed by atoms with E-state index in [2.05, 4.69) is 22.6 Å². The molecule has 0 bridgehead atoms. The fourth-order valence-electron chi connectivity index (χ4n) is 3.01. The molecule has 1 atom stereocenters. The average molecular weight is 445 g/mol. The van der Waals surface area contributed by atoms with Crippen LogP contribution in [0.5, 0.6) is 0 Å². The minimum Gasteiger partial charge on any atom is -0.481 e. The monoisotopic (exact) mass is 445 g/mol. The van der Waals surface area contributed by atoms with Crippen LogP contribution in [0.4, 0.5) is 4.79 Å². The molecule has 6 heteroatoms. The van der Waals surface area contributed by atoms with E-state index >= 15 is 0 Å². The van der Waals surface area contributed by atoms with Crippen LogP contribution in [-0.4, -0.2) is 40.8 Å². The summed E-state index contributed by atoms with van der Waals surface area (Å²) in [6, 6.07) is 7.78. The van der Waals surface area contributed by atoms with Gasteiger partial charge in [-0.05, 0) is 74.3 Å². The number of benzene rings is 1. The van der Waals surface area contributed by atoms with Crippen molar-refractivity contribution in [1.82, 2.24) is 4.90 Å². The Kier molecular flexibility index (Phi) is 5.78. The molecule has 1 aromatic carbocycles. The Balaban J connectivity index is 2.21. The lowest BCUT2D eigenvalue weighted by Crippen LogP contribution is -2.52. The molecular formula is C18H24INO4. The van der Waals surface area contributed by atoms with Crippen molar-refractivity contribution < 1.29 is 19.4 Å². The van der Waals surface area contributed by atoms with Crippen molar-refractivity contribution in [2.75, 3.05) is 13.1 Å². The minimum absolute atomic E-state index is 0.183. The van der Waals surface area contributed by atoms with Crippen LogP contribution >= 0.6 is 22.6 Å². The maximum absolute atomic E-state index is 12.4. The predicted molar refractivity (Wildman–Crippen MR) is 100.0 cm³/mol. The van der Waals surface area contributed by atoms with E-state index in [9.17, 15) is 14.7 Å². The fourth-order valence-corrected chi connectivity index (χ4v) is 3.59. The van der Waals surface area contributed by atoms with Crippen LogP contribution in [0.1, 0.15) is 39.2 Å². The summed E-state index contributed by atoms with van der Waals surface area (Å²) in [6.45, 7) is 6.15. The van der Waals surface area contributed by atoms with Crippen molar-refractivity contribution in [3.8, 4) is 0 Å². The molecule has 1 aliphatic heterocycles. The minimum atomic E-state index is -0.962. The molecular weight excluding hydrogens is 421 g/mol. The zero-order chi connectivity index (χ0) is 18.0. The summed E-state index contributed by atoms with van der Waals surface area (Å²) in [4.78, 5) is 26.0. The molecule has 0 radical (unpaired) electrons. The van der Waals surface area contributed by atoms with E-state index < -0.39 is 23.1 Å². The van der Waals surface area contributed by atoms with Crippen molar-refractivity contribution >= 4 is 34.7 Å². The van der Waals surface area contributed by atoms with Gasteiger partial charge in [0.05, 0.1) is 5.41 Å². The van der Waals surface area contributed by atoms with Crippen LogP contribution in [-0.2, 0) is 16.0 Å². The van der Waals surface area contributed by atoms with Gasteiger partial charge in [-0.1, -0.05) is 18.2 Å². The van der Waals surface area contributed by atoms with Crippen molar-refractivity contribution in [2.24, 2.45) is 5.41 Å². The Morgan fingerprint density at radius 1 is 1.33 bits per heavy atom. The molecule has 1 aliphatic rings. The standard InChI is InChI=1S/C18H24INO4/c1-17(2,3)24-16(23)20-10-6-9-18(12-20,15(21)22)11-13-7-4-5-8-14(13)19/h4-5,7-8H,6,9-12H2,1-3H3,(H,21,22). The van der Waals surface area contributed by atoms with Gasteiger partial charge in [0.2, 0.25) is 0 Å². The number of amides is 1. The van der Waals surface area contributed by atoms with Gasteiger partial charge in [-0.2, -0.15) is 0 Å².